The van der Waals surface area contributed by atoms with Gasteiger partial charge in [0, 0.05) is 37.3 Å². The normalized spacial score (nSPS) is 15.8. The lowest BCUT2D eigenvalue weighted by atomic mass is 10.1. The summed E-state index contributed by atoms with van der Waals surface area (Å²) in [6, 6.07) is 3.89. The smallest absolute Gasteiger partial charge is 0.317 e. The van der Waals surface area contributed by atoms with Crippen molar-refractivity contribution in [2.24, 2.45) is 0 Å². The highest BCUT2D eigenvalue weighted by atomic mass is 16.5. The molecule has 7 nitrogen and oxygen atoms in total. The van der Waals surface area contributed by atoms with Crippen LogP contribution in [-0.4, -0.2) is 39.1 Å². The van der Waals surface area contributed by atoms with Crippen molar-refractivity contribution in [2.45, 2.75) is 64.5 Å². The van der Waals surface area contributed by atoms with Gasteiger partial charge in [0.15, 0.2) is 5.82 Å². The van der Waals surface area contributed by atoms with Crippen LogP contribution < -0.4 is 5.32 Å². The molecule has 0 unspecified atom stereocenters. The molecule has 1 atom stereocenters. The Bertz CT molecular complexity index is 739. The van der Waals surface area contributed by atoms with E-state index in [1.807, 2.05) is 26.0 Å². The molecule has 0 spiro atoms. The lowest BCUT2D eigenvalue weighted by Gasteiger charge is -2.24. The van der Waals surface area contributed by atoms with Gasteiger partial charge < -0.3 is 14.7 Å². The van der Waals surface area contributed by atoms with Gasteiger partial charge >= 0.3 is 6.03 Å². The SMILES string of the molecule is Cc1ccnc(C[C@@H](C)N(C)C(=O)NCc2noc(C3CCCC3)n2)c1. The molecular formula is C19H27N5O2. The van der Waals surface area contributed by atoms with Gasteiger partial charge in [-0.1, -0.05) is 18.0 Å². The number of nitrogens with one attached hydrogen (secondary N) is 1. The van der Waals surface area contributed by atoms with Gasteiger partial charge in [0.2, 0.25) is 5.89 Å². The minimum Gasteiger partial charge on any atom is -0.339 e. The Hall–Kier alpha value is -2.44. The van der Waals surface area contributed by atoms with Crippen LogP contribution in [0.1, 0.15) is 61.5 Å². The number of aryl methyl sites for hydroxylation is 1. The maximum Gasteiger partial charge on any atom is 0.317 e. The maximum absolute atomic E-state index is 12.4. The number of nitrogens with zero attached hydrogens (tertiary/aromatic N) is 4. The standard InChI is InChI=1S/C19H27N5O2/c1-13-8-9-20-16(10-13)11-14(2)24(3)19(25)21-12-17-22-18(26-23-17)15-6-4-5-7-15/h8-10,14-15H,4-7,11-12H2,1-3H3,(H,21,25)/t14-/m1/s1. The third-order valence-corrected chi connectivity index (χ3v) is 5.04. The van der Waals surface area contributed by atoms with Gasteiger partial charge in [0.25, 0.3) is 0 Å². The Kier molecular flexibility index (Phi) is 5.85. The molecule has 1 N–H and O–H groups in total. The summed E-state index contributed by atoms with van der Waals surface area (Å²) in [5.74, 6) is 1.62. The molecule has 2 aromatic rings. The lowest BCUT2D eigenvalue weighted by molar-refractivity contribution is 0.192. The van der Waals surface area contributed by atoms with Gasteiger partial charge in [0.1, 0.15) is 0 Å². The van der Waals surface area contributed by atoms with E-state index in [1.165, 1.54) is 18.4 Å². The molecule has 2 heterocycles. The number of pyridine rings is 1. The van der Waals surface area contributed by atoms with Gasteiger partial charge in [-0.3, -0.25) is 4.98 Å². The summed E-state index contributed by atoms with van der Waals surface area (Å²) in [7, 11) is 1.79. The molecule has 1 aliphatic rings. The van der Waals surface area contributed by atoms with E-state index in [0.29, 0.717) is 24.1 Å². The summed E-state index contributed by atoms with van der Waals surface area (Å²) in [6.45, 7) is 4.32. The van der Waals surface area contributed by atoms with Crippen LogP contribution >= 0.6 is 0 Å². The van der Waals surface area contributed by atoms with E-state index in [-0.39, 0.29) is 18.6 Å². The van der Waals surface area contributed by atoms with Gasteiger partial charge in [0.05, 0.1) is 6.54 Å². The summed E-state index contributed by atoms with van der Waals surface area (Å²) < 4.78 is 5.34. The molecule has 0 aromatic carbocycles. The predicted octanol–water partition coefficient (Wildman–Crippen LogP) is 3.20. The number of amides is 2. The van der Waals surface area contributed by atoms with Crippen LogP contribution in [0.15, 0.2) is 22.9 Å². The average molecular weight is 357 g/mol. The highest BCUT2D eigenvalue weighted by molar-refractivity contribution is 5.74. The molecule has 2 amide bonds. The summed E-state index contributed by atoms with van der Waals surface area (Å²) in [5, 5.41) is 6.85. The van der Waals surface area contributed by atoms with Crippen LogP contribution in [-0.2, 0) is 13.0 Å². The van der Waals surface area contributed by atoms with E-state index in [0.717, 1.165) is 18.5 Å². The number of urea groups is 1. The number of carbonyl (C=O) groups excluding carboxylic acids is 1. The van der Waals surface area contributed by atoms with Crippen molar-refractivity contribution in [3.8, 4) is 0 Å². The van der Waals surface area contributed by atoms with Crippen LogP contribution in [0.4, 0.5) is 4.79 Å². The molecule has 26 heavy (non-hydrogen) atoms. The molecule has 1 fully saturated rings. The molecule has 0 radical (unpaired) electrons. The fourth-order valence-corrected chi connectivity index (χ4v) is 3.31. The van der Waals surface area contributed by atoms with E-state index in [1.54, 1.807) is 18.1 Å². The van der Waals surface area contributed by atoms with Crippen molar-refractivity contribution in [3.63, 3.8) is 0 Å². The van der Waals surface area contributed by atoms with Gasteiger partial charge in [-0.25, -0.2) is 4.79 Å². The Morgan fingerprint density at radius 3 is 2.92 bits per heavy atom. The monoisotopic (exact) mass is 357 g/mol. The largest absolute Gasteiger partial charge is 0.339 e. The number of aromatic nitrogens is 3. The minimum atomic E-state index is -0.155. The molecular weight excluding hydrogens is 330 g/mol. The molecule has 0 bridgehead atoms. The zero-order valence-electron chi connectivity index (χ0n) is 15.7. The van der Waals surface area contributed by atoms with Crippen molar-refractivity contribution in [2.75, 3.05) is 7.05 Å². The second-order valence-electron chi connectivity index (χ2n) is 7.18. The fraction of sp³-hybridized carbons (Fsp3) is 0.579. The number of rotatable bonds is 6. The van der Waals surface area contributed by atoms with Gasteiger partial charge in [-0.05, 0) is 44.4 Å². The fourth-order valence-electron chi connectivity index (χ4n) is 3.31. The molecule has 0 saturated heterocycles. The maximum atomic E-state index is 12.4. The zero-order valence-corrected chi connectivity index (χ0v) is 15.7. The lowest BCUT2D eigenvalue weighted by Crippen LogP contribution is -2.43. The van der Waals surface area contributed by atoms with Crippen molar-refractivity contribution in [1.82, 2.24) is 25.3 Å². The first-order valence-electron chi connectivity index (χ1n) is 9.27. The van der Waals surface area contributed by atoms with Crippen LogP contribution in [0.5, 0.6) is 0 Å². The molecule has 7 heteroatoms. The molecule has 0 aliphatic heterocycles. The highest BCUT2D eigenvalue weighted by Gasteiger charge is 2.23. The molecule has 1 aliphatic carbocycles. The quantitative estimate of drug-likeness (QED) is 0.858. The van der Waals surface area contributed by atoms with E-state index in [4.69, 9.17) is 4.52 Å². The van der Waals surface area contributed by atoms with Crippen molar-refractivity contribution < 1.29 is 9.32 Å². The Morgan fingerprint density at radius 1 is 1.42 bits per heavy atom. The van der Waals surface area contributed by atoms with Crippen LogP contribution in [0.2, 0.25) is 0 Å². The minimum absolute atomic E-state index is 0.0311. The zero-order chi connectivity index (χ0) is 18.5. The number of carbonyl (C=O) groups is 1. The van der Waals surface area contributed by atoms with Gasteiger partial charge in [-0.15, -0.1) is 0 Å². The Balaban J connectivity index is 1.49. The topological polar surface area (TPSA) is 84.2 Å². The molecule has 2 aromatic heterocycles. The van der Waals surface area contributed by atoms with Crippen LogP contribution in [0, 0.1) is 6.92 Å². The second-order valence-corrected chi connectivity index (χ2v) is 7.18. The van der Waals surface area contributed by atoms with Crippen molar-refractivity contribution >= 4 is 6.03 Å². The molecule has 3 rings (SSSR count). The third kappa shape index (κ3) is 4.59. The van der Waals surface area contributed by atoms with Crippen LogP contribution in [0.25, 0.3) is 0 Å². The van der Waals surface area contributed by atoms with E-state index in [2.05, 4.69) is 20.4 Å². The Labute approximate surface area is 154 Å². The average Bonchev–Trinajstić information content (AvgIpc) is 3.30. The first-order chi connectivity index (χ1) is 12.5. The van der Waals surface area contributed by atoms with E-state index >= 15 is 0 Å². The van der Waals surface area contributed by atoms with Crippen molar-refractivity contribution in [3.05, 3.63) is 41.3 Å². The predicted molar refractivity (Wildman–Crippen MR) is 97.6 cm³/mol. The third-order valence-electron chi connectivity index (χ3n) is 5.04. The second kappa shape index (κ2) is 8.29. The molecule has 140 valence electrons. The first-order valence-corrected chi connectivity index (χ1v) is 9.27. The summed E-state index contributed by atoms with van der Waals surface area (Å²) in [6.07, 6.45) is 7.17. The number of hydrogen-bond donors (Lipinski definition) is 1. The van der Waals surface area contributed by atoms with Crippen molar-refractivity contribution in [1.29, 1.82) is 0 Å². The summed E-state index contributed by atoms with van der Waals surface area (Å²) in [4.78, 5) is 22.9. The number of likely N-dealkylation sites (N-methyl/N-ethyl adjacent to an activating group) is 1. The highest BCUT2D eigenvalue weighted by Crippen LogP contribution is 2.32. The first kappa shape index (κ1) is 18.4. The Morgan fingerprint density at radius 2 is 2.19 bits per heavy atom. The molecule has 1 saturated carbocycles. The summed E-state index contributed by atoms with van der Waals surface area (Å²) in [5.41, 5.74) is 2.15. The summed E-state index contributed by atoms with van der Waals surface area (Å²) >= 11 is 0. The van der Waals surface area contributed by atoms with Crippen LogP contribution in [0.3, 0.4) is 0 Å². The number of hydrogen-bond acceptors (Lipinski definition) is 5. The van der Waals surface area contributed by atoms with Gasteiger partial charge in [-0.2, -0.15) is 4.98 Å². The van der Waals surface area contributed by atoms with E-state index < -0.39 is 0 Å². The van der Waals surface area contributed by atoms with E-state index in [9.17, 15) is 4.79 Å².